The van der Waals surface area contributed by atoms with Crippen LogP contribution in [0.2, 0.25) is 5.02 Å². The molecule has 0 bridgehead atoms. The second-order valence-electron chi connectivity index (χ2n) is 7.96. The molecule has 0 aliphatic carbocycles. The molecule has 0 radical (unpaired) electrons. The zero-order chi connectivity index (χ0) is 28.6. The number of nitrogens with one attached hydrogen (secondary N) is 1. The van der Waals surface area contributed by atoms with Gasteiger partial charge in [-0.25, -0.2) is 12.8 Å². The summed E-state index contributed by atoms with van der Waals surface area (Å²) < 4.78 is 89.5. The smallest absolute Gasteiger partial charge is 0.342 e. The van der Waals surface area contributed by atoms with Crippen molar-refractivity contribution in [1.82, 2.24) is 19.2 Å². The second-order valence-corrected chi connectivity index (χ2v) is 11.2. The molecule has 1 amide bonds. The average molecular weight is 606 g/mol. The maximum Gasteiger partial charge on any atom is 0.389 e. The predicted octanol–water partition coefficient (Wildman–Crippen LogP) is 5.11. The van der Waals surface area contributed by atoms with E-state index in [0.29, 0.717) is 4.31 Å². The number of hydrogen-bond donors (Lipinski definition) is 1. The Morgan fingerprint density at radius 2 is 1.95 bits per heavy atom. The minimum atomic E-state index is -4.71. The van der Waals surface area contributed by atoms with Gasteiger partial charge in [0.1, 0.15) is 11.9 Å². The molecule has 208 valence electrons. The molecule has 3 aromatic rings. The molecule has 0 fully saturated rings. The lowest BCUT2D eigenvalue weighted by molar-refractivity contribution is -0.140. The number of sulfonamides is 1. The van der Waals surface area contributed by atoms with E-state index in [9.17, 15) is 26.4 Å². The summed E-state index contributed by atoms with van der Waals surface area (Å²) in [6.07, 6.45) is -6.08. The van der Waals surface area contributed by atoms with E-state index in [1.807, 2.05) is 6.07 Å². The van der Waals surface area contributed by atoms with Crippen LogP contribution in [0.5, 0.6) is 0 Å². The first-order valence-electron chi connectivity index (χ1n) is 11.1. The van der Waals surface area contributed by atoms with Crippen molar-refractivity contribution < 1.29 is 35.3 Å². The lowest BCUT2D eigenvalue weighted by atomic mass is 10.1. The van der Waals surface area contributed by atoms with Gasteiger partial charge in [0.15, 0.2) is 0 Å². The number of benzene rings is 2. The molecular formula is C23H20ClF4N5O4S2. The van der Waals surface area contributed by atoms with Crippen molar-refractivity contribution >= 4 is 39.5 Å². The zero-order valence-corrected chi connectivity index (χ0v) is 22.2. The fraction of sp³-hybridized carbons (Fsp3) is 0.304. The molecule has 1 N–H and O–H groups in total. The number of rotatable bonds is 12. The quantitative estimate of drug-likeness (QED) is 0.171. The van der Waals surface area contributed by atoms with Crippen LogP contribution in [0, 0.1) is 17.1 Å². The third-order valence-corrected chi connectivity index (χ3v) is 8.13. The Kier molecular flexibility index (Phi) is 10.3. The number of aromatic nitrogens is 2. The molecule has 0 saturated carbocycles. The molecule has 0 aliphatic heterocycles. The molecule has 16 heteroatoms. The number of amides is 1. The van der Waals surface area contributed by atoms with Crippen molar-refractivity contribution in [2.45, 2.75) is 42.9 Å². The zero-order valence-electron chi connectivity index (χ0n) is 19.9. The third-order valence-electron chi connectivity index (χ3n) is 5.26. The van der Waals surface area contributed by atoms with Crippen LogP contribution in [0.4, 0.5) is 17.6 Å². The van der Waals surface area contributed by atoms with E-state index in [1.54, 1.807) is 0 Å². The maximum absolute atomic E-state index is 15.1. The van der Waals surface area contributed by atoms with E-state index in [1.165, 1.54) is 24.3 Å². The summed E-state index contributed by atoms with van der Waals surface area (Å²) in [7, 11) is -4.65. The molecule has 1 aromatic heterocycles. The van der Waals surface area contributed by atoms with Crippen LogP contribution >= 0.6 is 23.5 Å². The van der Waals surface area contributed by atoms with Crippen molar-refractivity contribution in [3.63, 3.8) is 0 Å². The number of alkyl halides is 3. The SMILES string of the molecule is N#CCCSNC(=O)[C@@H](CCC(F)(F)F)N(Cc1ccc(-c2ncon2)cc1F)S(=O)(=O)c1ccc(Cl)cc1. The van der Waals surface area contributed by atoms with Gasteiger partial charge in [0.25, 0.3) is 0 Å². The standard InChI is InChI=1S/C23H20ClF4N5O4S2/c24-17-4-6-18(7-5-17)39(35,36)33(13-16-3-2-15(12-19(16)25)21-30-14-37-31-21)20(8-9-23(26,27)28)22(34)32-38-11-1-10-29/h2-7,12,14,20H,1,8-9,11,13H2,(H,32,34)/t20-/m1/s1. The summed E-state index contributed by atoms with van der Waals surface area (Å²) in [4.78, 5) is 16.5. The summed E-state index contributed by atoms with van der Waals surface area (Å²) >= 11 is 6.60. The molecular weight excluding hydrogens is 586 g/mol. The topological polar surface area (TPSA) is 129 Å². The minimum Gasteiger partial charge on any atom is -0.342 e. The lowest BCUT2D eigenvalue weighted by Gasteiger charge is -2.30. The third kappa shape index (κ3) is 8.40. The molecule has 1 heterocycles. The molecule has 0 saturated heterocycles. The van der Waals surface area contributed by atoms with E-state index in [4.69, 9.17) is 16.9 Å². The van der Waals surface area contributed by atoms with E-state index in [0.717, 1.165) is 36.5 Å². The van der Waals surface area contributed by atoms with Gasteiger partial charge in [0.05, 0.1) is 11.0 Å². The first-order chi connectivity index (χ1) is 18.4. The molecule has 2 aromatic carbocycles. The number of nitrogens with zero attached hydrogens (tertiary/aromatic N) is 4. The van der Waals surface area contributed by atoms with Crippen LogP contribution in [0.25, 0.3) is 11.4 Å². The highest BCUT2D eigenvalue weighted by molar-refractivity contribution is 7.97. The van der Waals surface area contributed by atoms with Crippen LogP contribution in [0.3, 0.4) is 0 Å². The summed E-state index contributed by atoms with van der Waals surface area (Å²) in [5.74, 6) is -1.79. The summed E-state index contributed by atoms with van der Waals surface area (Å²) in [6.45, 7) is -0.776. The Bertz CT molecular complexity index is 1420. The first-order valence-corrected chi connectivity index (χ1v) is 13.9. The second kappa shape index (κ2) is 13.2. The molecule has 9 nitrogen and oxygen atoms in total. The monoisotopic (exact) mass is 605 g/mol. The molecule has 0 unspecified atom stereocenters. The van der Waals surface area contributed by atoms with Gasteiger partial charge in [0, 0.05) is 41.3 Å². The van der Waals surface area contributed by atoms with Crippen LogP contribution in [0.15, 0.2) is 58.3 Å². The Labute approximate surface area is 230 Å². The molecule has 0 aliphatic rings. The minimum absolute atomic E-state index is 0.0306. The number of hydrogen-bond acceptors (Lipinski definition) is 8. The van der Waals surface area contributed by atoms with E-state index in [2.05, 4.69) is 19.4 Å². The van der Waals surface area contributed by atoms with Gasteiger partial charge < -0.3 is 4.52 Å². The molecule has 1 atom stereocenters. The Hall–Kier alpha value is -3.19. The summed E-state index contributed by atoms with van der Waals surface area (Å²) in [5, 5.41) is 12.5. The van der Waals surface area contributed by atoms with Crippen LogP contribution < -0.4 is 4.72 Å². The molecule has 0 spiro atoms. The van der Waals surface area contributed by atoms with E-state index >= 15 is 4.39 Å². The Morgan fingerprint density at radius 1 is 1.23 bits per heavy atom. The van der Waals surface area contributed by atoms with E-state index in [-0.39, 0.29) is 39.0 Å². The Balaban J connectivity index is 2.04. The normalized spacial score (nSPS) is 12.7. The van der Waals surface area contributed by atoms with Gasteiger partial charge in [-0.2, -0.15) is 27.7 Å². The largest absolute Gasteiger partial charge is 0.389 e. The first kappa shape index (κ1) is 30.4. The van der Waals surface area contributed by atoms with Crippen molar-refractivity contribution in [1.29, 1.82) is 5.26 Å². The van der Waals surface area contributed by atoms with Gasteiger partial charge in [-0.15, -0.1) is 0 Å². The van der Waals surface area contributed by atoms with E-state index < -0.39 is 53.4 Å². The summed E-state index contributed by atoms with van der Waals surface area (Å²) in [6, 6.07) is 8.34. The van der Waals surface area contributed by atoms with Gasteiger partial charge in [-0.3, -0.25) is 9.52 Å². The molecule has 39 heavy (non-hydrogen) atoms. The van der Waals surface area contributed by atoms with Crippen LogP contribution in [-0.2, 0) is 21.4 Å². The highest BCUT2D eigenvalue weighted by Crippen LogP contribution is 2.30. The van der Waals surface area contributed by atoms with Crippen molar-refractivity contribution in [3.05, 3.63) is 65.3 Å². The Morgan fingerprint density at radius 3 is 2.54 bits per heavy atom. The number of halogens is 5. The number of carbonyl (C=O) groups is 1. The fourth-order valence-electron chi connectivity index (χ4n) is 3.38. The van der Waals surface area contributed by atoms with Gasteiger partial charge in [-0.1, -0.05) is 28.9 Å². The van der Waals surface area contributed by atoms with Crippen molar-refractivity contribution in [2.24, 2.45) is 0 Å². The van der Waals surface area contributed by atoms with Crippen molar-refractivity contribution in [2.75, 3.05) is 5.75 Å². The highest BCUT2D eigenvalue weighted by atomic mass is 35.5. The van der Waals surface area contributed by atoms with Crippen LogP contribution in [0.1, 0.15) is 24.8 Å². The molecule has 3 rings (SSSR count). The maximum atomic E-state index is 15.1. The van der Waals surface area contributed by atoms with Crippen molar-refractivity contribution in [3.8, 4) is 17.5 Å². The number of nitriles is 1. The highest BCUT2D eigenvalue weighted by Gasteiger charge is 2.39. The fourth-order valence-corrected chi connectivity index (χ4v) is 5.67. The predicted molar refractivity (Wildman–Crippen MR) is 134 cm³/mol. The van der Waals surface area contributed by atoms with Gasteiger partial charge in [0.2, 0.25) is 28.1 Å². The lowest BCUT2D eigenvalue weighted by Crippen LogP contribution is -2.48. The average Bonchev–Trinajstić information content (AvgIpc) is 3.41. The van der Waals surface area contributed by atoms with Gasteiger partial charge in [-0.05, 0) is 48.7 Å². The summed E-state index contributed by atoms with van der Waals surface area (Å²) in [5.41, 5.74) is -0.0147. The number of carbonyl (C=O) groups excluding carboxylic acids is 1. The van der Waals surface area contributed by atoms with Gasteiger partial charge >= 0.3 is 6.18 Å². The van der Waals surface area contributed by atoms with Crippen LogP contribution in [-0.4, -0.2) is 46.7 Å².